The Bertz CT molecular complexity index is 2570. The van der Waals surface area contributed by atoms with Crippen molar-refractivity contribution in [2.24, 2.45) is 0 Å². The highest BCUT2D eigenvalue weighted by molar-refractivity contribution is 6.13. The van der Waals surface area contributed by atoms with Crippen molar-refractivity contribution < 1.29 is 0 Å². The largest absolute Gasteiger partial charge is 0.254 e. The lowest BCUT2D eigenvalue weighted by atomic mass is 9.89. The Kier molecular flexibility index (Phi) is 6.17. The van der Waals surface area contributed by atoms with Gasteiger partial charge < -0.3 is 0 Å². The normalized spacial score (nSPS) is 11.5. The third-order valence-corrected chi connectivity index (χ3v) is 9.10. The van der Waals surface area contributed by atoms with E-state index in [0.29, 0.717) is 0 Å². The lowest BCUT2D eigenvalue weighted by molar-refractivity contribution is 1.37. The van der Waals surface area contributed by atoms with Crippen molar-refractivity contribution >= 4 is 43.4 Å². The van der Waals surface area contributed by atoms with E-state index in [4.69, 9.17) is 9.97 Å². The van der Waals surface area contributed by atoms with Crippen molar-refractivity contribution in [3.05, 3.63) is 170 Å². The fourth-order valence-electron chi connectivity index (χ4n) is 6.91. The van der Waals surface area contributed by atoms with Crippen molar-refractivity contribution in [1.82, 2.24) is 9.97 Å². The summed E-state index contributed by atoms with van der Waals surface area (Å²) >= 11 is 0. The molecule has 2 heteroatoms. The number of benzene rings is 7. The van der Waals surface area contributed by atoms with E-state index in [1.54, 1.807) is 0 Å². The van der Waals surface area contributed by atoms with Crippen LogP contribution in [-0.4, -0.2) is 9.97 Å². The van der Waals surface area contributed by atoms with Gasteiger partial charge in [-0.25, -0.2) is 4.98 Å². The molecule has 0 aliphatic carbocycles. The van der Waals surface area contributed by atoms with Crippen molar-refractivity contribution in [1.29, 1.82) is 0 Å². The molecule has 0 amide bonds. The maximum atomic E-state index is 5.49. The van der Waals surface area contributed by atoms with Crippen LogP contribution in [-0.2, 0) is 0 Å². The van der Waals surface area contributed by atoms with Crippen LogP contribution < -0.4 is 0 Å². The summed E-state index contributed by atoms with van der Waals surface area (Å²) in [5, 5.41) is 7.05. The van der Waals surface area contributed by atoms with Crippen LogP contribution in [0.1, 0.15) is 0 Å². The average molecular weight is 585 g/mol. The van der Waals surface area contributed by atoms with Crippen LogP contribution in [0.25, 0.3) is 88.0 Å². The van der Waals surface area contributed by atoms with Crippen molar-refractivity contribution in [2.45, 2.75) is 0 Å². The second-order valence-electron chi connectivity index (χ2n) is 11.8. The minimum Gasteiger partial charge on any atom is -0.254 e. The second-order valence-corrected chi connectivity index (χ2v) is 11.8. The molecular weight excluding hydrogens is 556 g/mol. The summed E-state index contributed by atoms with van der Waals surface area (Å²) in [4.78, 5) is 10.5. The molecule has 0 saturated carbocycles. The van der Waals surface area contributed by atoms with E-state index in [0.717, 1.165) is 49.8 Å². The van der Waals surface area contributed by atoms with Crippen LogP contribution in [0.5, 0.6) is 0 Å². The molecule has 2 aromatic heterocycles. The third kappa shape index (κ3) is 4.35. The van der Waals surface area contributed by atoms with Gasteiger partial charge in [0.15, 0.2) is 0 Å². The van der Waals surface area contributed by atoms with Gasteiger partial charge >= 0.3 is 0 Å². The number of rotatable bonds is 4. The van der Waals surface area contributed by atoms with Gasteiger partial charge in [0.05, 0.1) is 16.7 Å². The summed E-state index contributed by atoms with van der Waals surface area (Å²) < 4.78 is 0. The summed E-state index contributed by atoms with van der Waals surface area (Å²) in [5.41, 5.74) is 10.8. The second kappa shape index (κ2) is 10.8. The van der Waals surface area contributed by atoms with Gasteiger partial charge in [-0.3, -0.25) is 4.98 Å². The van der Waals surface area contributed by atoms with Crippen LogP contribution >= 0.6 is 0 Å². The Hall–Kier alpha value is -6.12. The molecule has 0 radical (unpaired) electrons. The highest BCUT2D eigenvalue weighted by atomic mass is 14.8. The predicted octanol–water partition coefficient (Wildman–Crippen LogP) is 11.8. The maximum absolute atomic E-state index is 5.49. The average Bonchev–Trinajstić information content (AvgIpc) is 3.14. The van der Waals surface area contributed by atoms with E-state index in [2.05, 4.69) is 164 Å². The lowest BCUT2D eigenvalue weighted by Gasteiger charge is -2.17. The van der Waals surface area contributed by atoms with E-state index in [9.17, 15) is 0 Å². The summed E-state index contributed by atoms with van der Waals surface area (Å²) in [6.07, 6.45) is 1.91. The van der Waals surface area contributed by atoms with E-state index in [1.807, 2.05) is 6.20 Å². The SMILES string of the molecule is c1ccc(-c2ccnc3c2ccc2c(-c4ccccc4)cc(-c4ccc5ccccc5c4-c4ccc5ccccc5c4)nc23)cc1. The topological polar surface area (TPSA) is 25.8 Å². The first-order valence-electron chi connectivity index (χ1n) is 15.7. The molecule has 0 aliphatic heterocycles. The zero-order valence-electron chi connectivity index (χ0n) is 25.1. The zero-order valence-corrected chi connectivity index (χ0v) is 25.1. The summed E-state index contributed by atoms with van der Waals surface area (Å²) in [6, 6.07) is 58.4. The smallest absolute Gasteiger partial charge is 0.0978 e. The van der Waals surface area contributed by atoms with Gasteiger partial charge in [0, 0.05) is 22.5 Å². The molecule has 2 heterocycles. The monoisotopic (exact) mass is 584 g/mol. The zero-order chi connectivity index (χ0) is 30.5. The van der Waals surface area contributed by atoms with Crippen molar-refractivity contribution in [2.75, 3.05) is 0 Å². The summed E-state index contributed by atoms with van der Waals surface area (Å²) in [5.74, 6) is 0. The number of fused-ring (bicyclic) bond motifs is 5. The molecule has 46 heavy (non-hydrogen) atoms. The van der Waals surface area contributed by atoms with E-state index in [-0.39, 0.29) is 0 Å². The first-order valence-corrected chi connectivity index (χ1v) is 15.7. The molecule has 0 aliphatic rings. The first kappa shape index (κ1) is 26.3. The number of pyridine rings is 2. The summed E-state index contributed by atoms with van der Waals surface area (Å²) in [7, 11) is 0. The molecule has 0 spiro atoms. The fraction of sp³-hybridized carbons (Fsp3) is 0. The predicted molar refractivity (Wildman–Crippen MR) is 194 cm³/mol. The highest BCUT2D eigenvalue weighted by Crippen LogP contribution is 2.42. The number of aromatic nitrogens is 2. The molecule has 9 aromatic rings. The van der Waals surface area contributed by atoms with E-state index in [1.165, 1.54) is 38.2 Å². The molecule has 0 N–H and O–H groups in total. The molecule has 9 rings (SSSR count). The Labute approximate surface area is 267 Å². The minimum atomic E-state index is 0.907. The van der Waals surface area contributed by atoms with Crippen LogP contribution in [0.15, 0.2) is 170 Å². The first-order chi connectivity index (χ1) is 22.8. The molecule has 0 bridgehead atoms. The van der Waals surface area contributed by atoms with Crippen LogP contribution in [0.4, 0.5) is 0 Å². The molecule has 214 valence electrons. The third-order valence-electron chi connectivity index (χ3n) is 9.10. The highest BCUT2D eigenvalue weighted by Gasteiger charge is 2.18. The van der Waals surface area contributed by atoms with Crippen LogP contribution in [0, 0.1) is 0 Å². The Morgan fingerprint density at radius 2 is 0.978 bits per heavy atom. The van der Waals surface area contributed by atoms with Gasteiger partial charge in [0.2, 0.25) is 0 Å². The number of nitrogens with zero attached hydrogens (tertiary/aromatic N) is 2. The fourth-order valence-corrected chi connectivity index (χ4v) is 6.91. The molecule has 0 saturated heterocycles. The maximum Gasteiger partial charge on any atom is 0.0978 e. The van der Waals surface area contributed by atoms with Gasteiger partial charge in [-0.1, -0.05) is 146 Å². The molecule has 0 fully saturated rings. The molecule has 0 unspecified atom stereocenters. The van der Waals surface area contributed by atoms with Crippen molar-refractivity contribution in [3.8, 4) is 44.6 Å². The number of hydrogen-bond donors (Lipinski definition) is 0. The Balaban J connectivity index is 1.38. The van der Waals surface area contributed by atoms with E-state index >= 15 is 0 Å². The molecule has 2 nitrogen and oxygen atoms in total. The molecular formula is C44H28N2. The van der Waals surface area contributed by atoms with Gasteiger partial charge in [-0.2, -0.15) is 0 Å². The Morgan fingerprint density at radius 1 is 0.348 bits per heavy atom. The van der Waals surface area contributed by atoms with Gasteiger partial charge in [-0.15, -0.1) is 0 Å². The Morgan fingerprint density at radius 3 is 1.76 bits per heavy atom. The number of hydrogen-bond acceptors (Lipinski definition) is 2. The van der Waals surface area contributed by atoms with E-state index < -0.39 is 0 Å². The van der Waals surface area contributed by atoms with Crippen LogP contribution in [0.2, 0.25) is 0 Å². The van der Waals surface area contributed by atoms with Crippen molar-refractivity contribution in [3.63, 3.8) is 0 Å². The molecule has 0 atom stereocenters. The van der Waals surface area contributed by atoms with Gasteiger partial charge in [0.25, 0.3) is 0 Å². The quantitative estimate of drug-likeness (QED) is 0.192. The minimum absolute atomic E-state index is 0.907. The van der Waals surface area contributed by atoms with Crippen LogP contribution in [0.3, 0.4) is 0 Å². The van der Waals surface area contributed by atoms with Gasteiger partial charge in [-0.05, 0) is 73.1 Å². The molecule has 7 aromatic carbocycles. The summed E-state index contributed by atoms with van der Waals surface area (Å²) in [6.45, 7) is 0. The lowest BCUT2D eigenvalue weighted by Crippen LogP contribution is -1.95. The standard InChI is InChI=1S/C44H28N2/c1-3-12-30(13-4-1)35-25-26-45-43-37(35)23-24-38-40(31-14-5-2-6-15-31)28-41(46-44(38)43)39-22-21-32-16-9-10-18-36(32)42(39)34-20-19-29-11-7-8-17-33(29)27-34/h1-28H. The van der Waals surface area contributed by atoms with Gasteiger partial charge in [0.1, 0.15) is 0 Å².